The molecule has 0 bridgehead atoms. The van der Waals surface area contributed by atoms with Crippen LogP contribution < -0.4 is 0 Å². The Morgan fingerprint density at radius 2 is 2.18 bits per heavy atom. The molecule has 120 valence electrons. The zero-order chi connectivity index (χ0) is 16.1. The van der Waals surface area contributed by atoms with Crippen molar-refractivity contribution in [2.75, 3.05) is 24.7 Å². The van der Waals surface area contributed by atoms with E-state index in [0.717, 1.165) is 10.7 Å². The molecule has 1 atom stereocenters. The molecule has 0 aliphatic carbocycles. The molecule has 0 N–H and O–H groups in total. The predicted octanol–water partition coefficient (Wildman–Crippen LogP) is 2.23. The Labute approximate surface area is 139 Å². The third-order valence-electron chi connectivity index (χ3n) is 3.56. The van der Waals surface area contributed by atoms with E-state index in [1.54, 1.807) is 39.0 Å². The highest BCUT2D eigenvalue weighted by Gasteiger charge is 2.35. The molecule has 2 rings (SSSR count). The maximum atomic E-state index is 12.5. The first kappa shape index (κ1) is 17.0. The lowest BCUT2D eigenvalue weighted by atomic mass is 10.2. The molecule has 5 nitrogen and oxygen atoms in total. The summed E-state index contributed by atoms with van der Waals surface area (Å²) in [6.45, 7) is 7.19. The summed E-state index contributed by atoms with van der Waals surface area (Å²) in [4.78, 5) is 32.6. The number of carbonyl (C=O) groups is 2. The molecule has 7 heteroatoms. The van der Waals surface area contributed by atoms with Gasteiger partial charge in [0.05, 0.1) is 16.6 Å². The van der Waals surface area contributed by atoms with Crippen molar-refractivity contribution in [3.63, 3.8) is 0 Å². The van der Waals surface area contributed by atoms with Crippen LogP contribution in [0.15, 0.2) is 11.5 Å². The number of aromatic nitrogens is 1. The average molecular weight is 339 g/mol. The number of nitrogens with zero attached hydrogens (tertiary/aromatic N) is 3. The molecule has 1 aliphatic heterocycles. The van der Waals surface area contributed by atoms with E-state index in [1.165, 1.54) is 6.08 Å². The summed E-state index contributed by atoms with van der Waals surface area (Å²) in [6.07, 6.45) is 3.23. The van der Waals surface area contributed by atoms with Crippen LogP contribution in [0.25, 0.3) is 6.08 Å². The number of carbonyl (C=O) groups excluding carboxylic acids is 2. The molecule has 1 aromatic rings. The lowest BCUT2D eigenvalue weighted by Crippen LogP contribution is -2.48. The molecule has 1 aliphatic rings. The molecule has 1 saturated heterocycles. The lowest BCUT2D eigenvalue weighted by molar-refractivity contribution is -0.140. The zero-order valence-corrected chi connectivity index (χ0v) is 14.7. The van der Waals surface area contributed by atoms with Gasteiger partial charge >= 0.3 is 0 Å². The summed E-state index contributed by atoms with van der Waals surface area (Å²) in [7, 11) is 0. The molecule has 2 heterocycles. The Balaban J connectivity index is 2.04. The fraction of sp³-hybridized carbons (Fsp3) is 0.533. The van der Waals surface area contributed by atoms with E-state index in [4.69, 9.17) is 0 Å². The van der Waals surface area contributed by atoms with Gasteiger partial charge in [-0.15, -0.1) is 23.1 Å². The Kier molecular flexibility index (Phi) is 6.02. The Hall–Kier alpha value is -1.34. The van der Waals surface area contributed by atoms with Gasteiger partial charge in [-0.3, -0.25) is 9.59 Å². The second kappa shape index (κ2) is 7.78. The minimum absolute atomic E-state index is 0.0428. The number of amides is 2. The quantitative estimate of drug-likeness (QED) is 0.772. The third kappa shape index (κ3) is 3.89. The van der Waals surface area contributed by atoms with Gasteiger partial charge in [-0.2, -0.15) is 0 Å². The SMILES string of the molecule is CCN(CC)C(=O)[C@H]1CSCN1C(=O)/C=C/c1csc(C)n1. The zero-order valence-electron chi connectivity index (χ0n) is 13.1. The lowest BCUT2D eigenvalue weighted by Gasteiger charge is -2.27. The molecular formula is C15H21N3O2S2. The molecule has 1 fully saturated rings. The van der Waals surface area contributed by atoms with E-state index in [0.29, 0.717) is 24.7 Å². The Morgan fingerprint density at radius 1 is 1.45 bits per heavy atom. The van der Waals surface area contributed by atoms with Gasteiger partial charge in [0.1, 0.15) is 6.04 Å². The monoisotopic (exact) mass is 339 g/mol. The number of likely N-dealkylation sites (N-methyl/N-ethyl adjacent to an activating group) is 1. The van der Waals surface area contributed by atoms with Crippen molar-refractivity contribution in [2.45, 2.75) is 26.8 Å². The number of thiazole rings is 1. The molecule has 1 aromatic heterocycles. The number of aryl methyl sites for hydroxylation is 1. The minimum Gasteiger partial charge on any atom is -0.341 e. The molecule has 0 spiro atoms. The van der Waals surface area contributed by atoms with E-state index in [9.17, 15) is 9.59 Å². The van der Waals surface area contributed by atoms with Gasteiger partial charge in [0.15, 0.2) is 0 Å². The van der Waals surface area contributed by atoms with E-state index >= 15 is 0 Å². The largest absolute Gasteiger partial charge is 0.341 e. The molecule has 0 aromatic carbocycles. The maximum absolute atomic E-state index is 12.5. The summed E-state index contributed by atoms with van der Waals surface area (Å²) in [5.41, 5.74) is 0.786. The van der Waals surface area contributed by atoms with Crippen LogP contribution in [0.2, 0.25) is 0 Å². The van der Waals surface area contributed by atoms with E-state index in [-0.39, 0.29) is 17.9 Å². The highest BCUT2D eigenvalue weighted by molar-refractivity contribution is 7.99. The number of hydrogen-bond acceptors (Lipinski definition) is 5. The topological polar surface area (TPSA) is 53.5 Å². The van der Waals surface area contributed by atoms with Gasteiger partial charge in [-0.05, 0) is 26.8 Å². The third-order valence-corrected chi connectivity index (χ3v) is 5.36. The summed E-state index contributed by atoms with van der Waals surface area (Å²) in [5.74, 6) is 1.16. The molecule has 2 amide bonds. The van der Waals surface area contributed by atoms with Crippen molar-refractivity contribution in [3.05, 3.63) is 22.2 Å². The van der Waals surface area contributed by atoms with Gasteiger partial charge in [-0.1, -0.05) is 0 Å². The van der Waals surface area contributed by atoms with Crippen LogP contribution in [-0.4, -0.2) is 57.4 Å². The van der Waals surface area contributed by atoms with E-state index in [1.807, 2.05) is 26.2 Å². The molecular weight excluding hydrogens is 318 g/mol. The van der Waals surface area contributed by atoms with Crippen LogP contribution in [-0.2, 0) is 9.59 Å². The average Bonchev–Trinajstić information content (AvgIpc) is 3.14. The van der Waals surface area contributed by atoms with Crippen LogP contribution in [0.3, 0.4) is 0 Å². The number of thioether (sulfide) groups is 1. The van der Waals surface area contributed by atoms with Crippen LogP contribution in [0.4, 0.5) is 0 Å². The van der Waals surface area contributed by atoms with Crippen molar-refractivity contribution in [3.8, 4) is 0 Å². The smallest absolute Gasteiger partial charge is 0.248 e. The summed E-state index contributed by atoms with van der Waals surface area (Å²) >= 11 is 3.17. The van der Waals surface area contributed by atoms with Gasteiger partial charge < -0.3 is 9.80 Å². The fourth-order valence-electron chi connectivity index (χ4n) is 2.32. The van der Waals surface area contributed by atoms with Crippen molar-refractivity contribution in [1.29, 1.82) is 0 Å². The highest BCUT2D eigenvalue weighted by atomic mass is 32.2. The van der Waals surface area contributed by atoms with Crippen molar-refractivity contribution in [1.82, 2.24) is 14.8 Å². The first-order chi connectivity index (χ1) is 10.6. The molecule has 0 unspecified atom stereocenters. The Bertz CT molecular complexity index is 567. The summed E-state index contributed by atoms with van der Waals surface area (Å²) in [6, 6.07) is -0.348. The standard InChI is InChI=1S/C15H21N3O2S2/c1-4-17(5-2)15(20)13-9-21-10-18(13)14(19)7-6-12-8-22-11(3)16-12/h6-8,13H,4-5,9-10H2,1-3H3/b7-6+/t13-/m1/s1. The normalized spacial score (nSPS) is 18.1. The van der Waals surface area contributed by atoms with Crippen LogP contribution in [0.1, 0.15) is 24.5 Å². The van der Waals surface area contributed by atoms with Crippen molar-refractivity contribution < 1.29 is 9.59 Å². The van der Waals surface area contributed by atoms with E-state index < -0.39 is 0 Å². The van der Waals surface area contributed by atoms with Crippen LogP contribution >= 0.6 is 23.1 Å². The highest BCUT2D eigenvalue weighted by Crippen LogP contribution is 2.23. The van der Waals surface area contributed by atoms with Gasteiger partial charge in [-0.25, -0.2) is 4.98 Å². The van der Waals surface area contributed by atoms with Gasteiger partial charge in [0.2, 0.25) is 11.8 Å². The molecule has 0 radical (unpaired) electrons. The number of hydrogen-bond donors (Lipinski definition) is 0. The number of rotatable bonds is 5. The van der Waals surface area contributed by atoms with E-state index in [2.05, 4.69) is 4.98 Å². The van der Waals surface area contributed by atoms with Crippen LogP contribution in [0, 0.1) is 6.92 Å². The van der Waals surface area contributed by atoms with Gasteiger partial charge in [0.25, 0.3) is 0 Å². The second-order valence-corrected chi connectivity index (χ2v) is 7.02. The first-order valence-corrected chi connectivity index (χ1v) is 9.37. The predicted molar refractivity (Wildman–Crippen MR) is 91.8 cm³/mol. The maximum Gasteiger partial charge on any atom is 0.248 e. The van der Waals surface area contributed by atoms with Crippen molar-refractivity contribution in [2.24, 2.45) is 0 Å². The molecule has 22 heavy (non-hydrogen) atoms. The first-order valence-electron chi connectivity index (χ1n) is 7.34. The Morgan fingerprint density at radius 3 is 2.77 bits per heavy atom. The molecule has 0 saturated carbocycles. The summed E-state index contributed by atoms with van der Waals surface area (Å²) in [5, 5.41) is 2.88. The fourth-order valence-corrected chi connectivity index (χ4v) is 4.06. The minimum atomic E-state index is -0.348. The summed E-state index contributed by atoms with van der Waals surface area (Å²) < 4.78 is 0. The van der Waals surface area contributed by atoms with Gasteiger partial charge in [0, 0.05) is 30.3 Å². The second-order valence-electron chi connectivity index (χ2n) is 4.96. The van der Waals surface area contributed by atoms with Crippen molar-refractivity contribution >= 4 is 41.0 Å². The van der Waals surface area contributed by atoms with Crippen LogP contribution in [0.5, 0.6) is 0 Å².